The molecule has 0 aliphatic carbocycles. The van der Waals surface area contributed by atoms with E-state index in [0.717, 1.165) is 11.3 Å². The molecule has 0 saturated carbocycles. The highest BCUT2D eigenvalue weighted by molar-refractivity contribution is 5.96. The molecule has 1 unspecified atom stereocenters. The van der Waals surface area contributed by atoms with Crippen LogP contribution in [-0.4, -0.2) is 31.1 Å². The molecule has 0 spiro atoms. The molecule has 2 aromatic carbocycles. The molecule has 1 saturated heterocycles. The molecule has 1 atom stereocenters. The second-order valence-corrected chi connectivity index (χ2v) is 6.02. The lowest BCUT2D eigenvalue weighted by Gasteiger charge is -2.17. The van der Waals surface area contributed by atoms with E-state index < -0.39 is 0 Å². The Kier molecular flexibility index (Phi) is 5.28. The molecule has 3 rings (SSSR count). The maximum absolute atomic E-state index is 13.1. The van der Waals surface area contributed by atoms with Gasteiger partial charge in [0.05, 0.1) is 6.04 Å². The Bertz CT molecular complexity index is 751. The van der Waals surface area contributed by atoms with Gasteiger partial charge in [-0.1, -0.05) is 30.3 Å². The van der Waals surface area contributed by atoms with E-state index >= 15 is 0 Å². The third kappa shape index (κ3) is 4.56. The zero-order chi connectivity index (χ0) is 17.6. The summed E-state index contributed by atoms with van der Waals surface area (Å²) in [7, 11) is 0. The minimum Gasteiger partial charge on any atom is -0.338 e. The van der Waals surface area contributed by atoms with E-state index in [1.54, 1.807) is 11.0 Å². The summed E-state index contributed by atoms with van der Waals surface area (Å²) in [6, 6.07) is 15.2. The van der Waals surface area contributed by atoms with Crippen molar-refractivity contribution in [2.24, 2.45) is 0 Å². The van der Waals surface area contributed by atoms with E-state index in [2.05, 4.69) is 10.6 Å². The highest BCUT2D eigenvalue weighted by Crippen LogP contribution is 2.20. The number of para-hydroxylation sites is 1. The molecule has 5 nitrogen and oxygen atoms in total. The van der Waals surface area contributed by atoms with Crippen LogP contribution in [0.2, 0.25) is 0 Å². The van der Waals surface area contributed by atoms with Crippen LogP contribution in [0.4, 0.5) is 14.9 Å². The Labute approximate surface area is 145 Å². The van der Waals surface area contributed by atoms with E-state index in [0.29, 0.717) is 19.5 Å². The monoisotopic (exact) mass is 341 g/mol. The molecule has 6 heteroatoms. The minimum absolute atomic E-state index is 0.00346. The summed E-state index contributed by atoms with van der Waals surface area (Å²) >= 11 is 0. The Morgan fingerprint density at radius 2 is 1.96 bits per heavy atom. The van der Waals surface area contributed by atoms with Crippen LogP contribution >= 0.6 is 0 Å². The van der Waals surface area contributed by atoms with E-state index in [1.165, 1.54) is 12.1 Å². The summed E-state index contributed by atoms with van der Waals surface area (Å²) in [5.41, 5.74) is 1.66. The minimum atomic E-state index is -0.316. The average Bonchev–Trinajstić information content (AvgIpc) is 2.96. The Morgan fingerprint density at radius 1 is 1.16 bits per heavy atom. The first kappa shape index (κ1) is 17.0. The first-order chi connectivity index (χ1) is 12.1. The van der Waals surface area contributed by atoms with Crippen LogP contribution in [0.5, 0.6) is 0 Å². The van der Waals surface area contributed by atoms with Gasteiger partial charge in [0.25, 0.3) is 0 Å². The Morgan fingerprint density at radius 3 is 2.72 bits per heavy atom. The molecule has 1 heterocycles. The van der Waals surface area contributed by atoms with Crippen molar-refractivity contribution >= 4 is 17.6 Å². The SMILES string of the molecule is O=C(NCCc1cccc(F)c1)NC1CC(=O)N(c2ccccc2)C1. The first-order valence-corrected chi connectivity index (χ1v) is 8.26. The van der Waals surface area contributed by atoms with Crippen molar-refractivity contribution in [1.29, 1.82) is 0 Å². The molecule has 130 valence electrons. The van der Waals surface area contributed by atoms with Crippen LogP contribution in [0.3, 0.4) is 0 Å². The average molecular weight is 341 g/mol. The number of hydrogen-bond donors (Lipinski definition) is 2. The van der Waals surface area contributed by atoms with Crippen molar-refractivity contribution in [3.05, 3.63) is 66.0 Å². The highest BCUT2D eigenvalue weighted by atomic mass is 19.1. The van der Waals surface area contributed by atoms with Gasteiger partial charge in [-0.05, 0) is 36.2 Å². The van der Waals surface area contributed by atoms with Crippen LogP contribution in [0.15, 0.2) is 54.6 Å². The van der Waals surface area contributed by atoms with Gasteiger partial charge in [0.1, 0.15) is 5.82 Å². The fourth-order valence-corrected chi connectivity index (χ4v) is 2.91. The Hall–Kier alpha value is -2.89. The zero-order valence-electron chi connectivity index (χ0n) is 13.7. The van der Waals surface area contributed by atoms with Crippen molar-refractivity contribution in [2.45, 2.75) is 18.9 Å². The van der Waals surface area contributed by atoms with Crippen molar-refractivity contribution in [1.82, 2.24) is 10.6 Å². The number of carbonyl (C=O) groups excluding carboxylic acids is 2. The number of nitrogens with zero attached hydrogens (tertiary/aromatic N) is 1. The quantitative estimate of drug-likeness (QED) is 0.878. The molecule has 3 amide bonds. The van der Waals surface area contributed by atoms with E-state index in [-0.39, 0.29) is 30.2 Å². The van der Waals surface area contributed by atoms with Crippen LogP contribution in [0, 0.1) is 5.82 Å². The third-order valence-corrected chi connectivity index (χ3v) is 4.12. The number of rotatable bonds is 5. The van der Waals surface area contributed by atoms with Crippen molar-refractivity contribution in [3.63, 3.8) is 0 Å². The molecular formula is C19H20FN3O2. The number of hydrogen-bond acceptors (Lipinski definition) is 2. The number of anilines is 1. The van der Waals surface area contributed by atoms with Crippen molar-refractivity contribution in [3.8, 4) is 0 Å². The first-order valence-electron chi connectivity index (χ1n) is 8.26. The van der Waals surface area contributed by atoms with E-state index in [9.17, 15) is 14.0 Å². The van der Waals surface area contributed by atoms with Crippen molar-refractivity contribution in [2.75, 3.05) is 18.0 Å². The second-order valence-electron chi connectivity index (χ2n) is 6.02. The van der Waals surface area contributed by atoms with Gasteiger partial charge in [0, 0.05) is 25.2 Å². The molecule has 1 aliphatic rings. The third-order valence-electron chi connectivity index (χ3n) is 4.12. The maximum Gasteiger partial charge on any atom is 0.315 e. The fourth-order valence-electron chi connectivity index (χ4n) is 2.91. The van der Waals surface area contributed by atoms with Gasteiger partial charge in [-0.25, -0.2) is 9.18 Å². The van der Waals surface area contributed by atoms with Gasteiger partial charge in [0.2, 0.25) is 5.91 Å². The van der Waals surface area contributed by atoms with Gasteiger partial charge >= 0.3 is 6.03 Å². The van der Waals surface area contributed by atoms with Gasteiger partial charge in [-0.3, -0.25) is 4.79 Å². The van der Waals surface area contributed by atoms with Gasteiger partial charge in [-0.15, -0.1) is 0 Å². The molecule has 2 aromatic rings. The topological polar surface area (TPSA) is 61.4 Å². The largest absolute Gasteiger partial charge is 0.338 e. The molecule has 0 bridgehead atoms. The highest BCUT2D eigenvalue weighted by Gasteiger charge is 2.31. The summed E-state index contributed by atoms with van der Waals surface area (Å²) in [4.78, 5) is 25.8. The number of carbonyl (C=O) groups is 2. The molecule has 25 heavy (non-hydrogen) atoms. The smallest absolute Gasteiger partial charge is 0.315 e. The normalized spacial score (nSPS) is 16.8. The molecule has 0 radical (unpaired) electrons. The number of amides is 3. The van der Waals surface area contributed by atoms with Gasteiger partial charge in [0.15, 0.2) is 0 Å². The van der Waals surface area contributed by atoms with Crippen LogP contribution in [0.1, 0.15) is 12.0 Å². The van der Waals surface area contributed by atoms with Gasteiger partial charge in [-0.2, -0.15) is 0 Å². The fraction of sp³-hybridized carbons (Fsp3) is 0.263. The predicted octanol–water partition coefficient (Wildman–Crippen LogP) is 2.47. The summed E-state index contributed by atoms with van der Waals surface area (Å²) < 4.78 is 13.1. The van der Waals surface area contributed by atoms with Gasteiger partial charge < -0.3 is 15.5 Å². The number of benzene rings is 2. The zero-order valence-corrected chi connectivity index (χ0v) is 13.7. The molecule has 0 aromatic heterocycles. The molecule has 1 aliphatic heterocycles. The maximum atomic E-state index is 13.1. The predicted molar refractivity (Wildman–Crippen MR) is 93.8 cm³/mol. The number of halogens is 1. The lowest BCUT2D eigenvalue weighted by molar-refractivity contribution is -0.117. The second kappa shape index (κ2) is 7.79. The standard InChI is InChI=1S/C19H20FN3O2/c20-15-6-4-5-14(11-15)9-10-21-19(25)22-16-12-18(24)23(13-16)17-7-2-1-3-8-17/h1-8,11,16H,9-10,12-13H2,(H2,21,22,25). The van der Waals surface area contributed by atoms with Crippen LogP contribution in [0.25, 0.3) is 0 Å². The lowest BCUT2D eigenvalue weighted by Crippen LogP contribution is -2.43. The molecule has 1 fully saturated rings. The number of urea groups is 1. The lowest BCUT2D eigenvalue weighted by atomic mass is 10.1. The van der Waals surface area contributed by atoms with Crippen LogP contribution < -0.4 is 15.5 Å². The van der Waals surface area contributed by atoms with Crippen molar-refractivity contribution < 1.29 is 14.0 Å². The molecule has 2 N–H and O–H groups in total. The summed E-state index contributed by atoms with van der Waals surface area (Å²) in [6.07, 6.45) is 0.830. The number of nitrogens with one attached hydrogen (secondary N) is 2. The summed E-state index contributed by atoms with van der Waals surface area (Å²) in [6.45, 7) is 0.860. The summed E-state index contributed by atoms with van der Waals surface area (Å²) in [5.74, 6) is -0.288. The van der Waals surface area contributed by atoms with E-state index in [1.807, 2.05) is 36.4 Å². The van der Waals surface area contributed by atoms with Crippen LogP contribution in [-0.2, 0) is 11.2 Å². The van der Waals surface area contributed by atoms with E-state index in [4.69, 9.17) is 0 Å². The summed E-state index contributed by atoms with van der Waals surface area (Å²) in [5, 5.41) is 5.56. The molecular weight excluding hydrogens is 321 g/mol. The Balaban J connectivity index is 1.45.